The lowest BCUT2D eigenvalue weighted by molar-refractivity contribution is 0.0644. The Morgan fingerprint density at radius 2 is 1.62 bits per heavy atom. The lowest BCUT2D eigenvalue weighted by atomic mass is 10.2. The van der Waals surface area contributed by atoms with Crippen LogP contribution in [0, 0.1) is 0 Å². The second-order valence-corrected chi connectivity index (χ2v) is 4.62. The van der Waals surface area contributed by atoms with E-state index in [1.54, 1.807) is 14.2 Å². The third-order valence-corrected chi connectivity index (χ3v) is 2.87. The molecule has 1 rings (SSSR count). The fourth-order valence-corrected chi connectivity index (χ4v) is 1.71. The molecule has 0 radical (unpaired) electrons. The molecule has 0 aliphatic rings. The highest BCUT2D eigenvalue weighted by Crippen LogP contribution is 2.12. The Morgan fingerprint density at radius 1 is 0.857 bits per heavy atom. The summed E-state index contributed by atoms with van der Waals surface area (Å²) in [6.07, 6.45) is 0.879. The Morgan fingerprint density at radius 3 is 2.33 bits per heavy atom. The first-order valence-corrected chi connectivity index (χ1v) is 7.35. The minimum atomic E-state index is 0.640. The molecule has 0 spiro atoms. The zero-order valence-corrected chi connectivity index (χ0v) is 13.1. The third kappa shape index (κ3) is 9.42. The van der Waals surface area contributed by atoms with Crippen molar-refractivity contribution in [2.45, 2.75) is 13.0 Å². The predicted octanol–water partition coefficient (Wildman–Crippen LogP) is 1.85. The second-order valence-electron chi connectivity index (χ2n) is 4.62. The van der Waals surface area contributed by atoms with Crippen molar-refractivity contribution in [3.63, 3.8) is 0 Å². The topological polar surface area (TPSA) is 49.0 Å². The summed E-state index contributed by atoms with van der Waals surface area (Å²) in [7, 11) is 3.37. The van der Waals surface area contributed by atoms with Gasteiger partial charge >= 0.3 is 0 Å². The summed E-state index contributed by atoms with van der Waals surface area (Å²) in [5.74, 6) is 0.896. The van der Waals surface area contributed by atoms with E-state index in [1.165, 1.54) is 5.56 Å². The van der Waals surface area contributed by atoms with Gasteiger partial charge in [-0.2, -0.15) is 0 Å². The third-order valence-electron chi connectivity index (χ3n) is 2.87. The van der Waals surface area contributed by atoms with Gasteiger partial charge < -0.3 is 24.3 Å². The molecule has 0 atom stereocenters. The molecule has 1 N–H and O–H groups in total. The average Bonchev–Trinajstić information content (AvgIpc) is 2.52. The van der Waals surface area contributed by atoms with E-state index in [2.05, 4.69) is 17.4 Å². The molecule has 0 aromatic heterocycles. The summed E-state index contributed by atoms with van der Waals surface area (Å²) < 4.78 is 20.9. The molecule has 1 aromatic rings. The van der Waals surface area contributed by atoms with Crippen LogP contribution in [0.15, 0.2) is 24.3 Å². The van der Waals surface area contributed by atoms with Crippen molar-refractivity contribution in [1.82, 2.24) is 5.32 Å². The highest BCUT2D eigenvalue weighted by atomic mass is 16.5. The maximum absolute atomic E-state index is 5.66. The van der Waals surface area contributed by atoms with Crippen LogP contribution >= 0.6 is 0 Å². The number of ether oxygens (including phenoxy) is 4. The maximum Gasteiger partial charge on any atom is 0.119 e. The van der Waals surface area contributed by atoms with Gasteiger partial charge in [-0.1, -0.05) is 12.1 Å². The molecule has 0 amide bonds. The predicted molar refractivity (Wildman–Crippen MR) is 82.8 cm³/mol. The summed E-state index contributed by atoms with van der Waals surface area (Å²) in [4.78, 5) is 0. The van der Waals surface area contributed by atoms with Crippen LogP contribution in [0.5, 0.6) is 5.75 Å². The van der Waals surface area contributed by atoms with Gasteiger partial charge in [-0.25, -0.2) is 0 Å². The molecule has 0 bridgehead atoms. The molecule has 0 heterocycles. The Hall–Kier alpha value is -1.14. The van der Waals surface area contributed by atoms with Crippen LogP contribution in [0.3, 0.4) is 0 Å². The molecular formula is C16H27NO4. The highest BCUT2D eigenvalue weighted by Gasteiger charge is 1.96. The van der Waals surface area contributed by atoms with Crippen molar-refractivity contribution >= 4 is 0 Å². The normalized spacial score (nSPS) is 10.8. The zero-order chi connectivity index (χ0) is 15.2. The first-order valence-electron chi connectivity index (χ1n) is 7.35. The average molecular weight is 297 g/mol. The Labute approximate surface area is 127 Å². The summed E-state index contributed by atoms with van der Waals surface area (Å²) >= 11 is 0. The van der Waals surface area contributed by atoms with E-state index in [4.69, 9.17) is 18.9 Å². The molecule has 1 aromatic carbocycles. The maximum atomic E-state index is 5.66. The van der Waals surface area contributed by atoms with Crippen LogP contribution in [0.25, 0.3) is 0 Å². The van der Waals surface area contributed by atoms with Crippen molar-refractivity contribution in [2.75, 3.05) is 53.8 Å². The Balaban J connectivity index is 2.07. The highest BCUT2D eigenvalue weighted by molar-refractivity contribution is 5.27. The fraction of sp³-hybridized carbons (Fsp3) is 0.625. The van der Waals surface area contributed by atoms with Crippen molar-refractivity contribution < 1.29 is 18.9 Å². The van der Waals surface area contributed by atoms with Gasteiger partial charge in [-0.3, -0.25) is 0 Å². The van der Waals surface area contributed by atoms with Crippen LogP contribution in [0.1, 0.15) is 12.0 Å². The van der Waals surface area contributed by atoms with E-state index in [9.17, 15) is 0 Å². The van der Waals surface area contributed by atoms with E-state index in [0.717, 1.165) is 31.9 Å². The van der Waals surface area contributed by atoms with Crippen molar-refractivity contribution in [3.05, 3.63) is 29.8 Å². The number of nitrogens with one attached hydrogen (secondary N) is 1. The van der Waals surface area contributed by atoms with Crippen LogP contribution in [0.4, 0.5) is 0 Å². The van der Waals surface area contributed by atoms with E-state index in [-0.39, 0.29) is 0 Å². The molecule has 120 valence electrons. The van der Waals surface area contributed by atoms with Crippen LogP contribution < -0.4 is 10.1 Å². The minimum absolute atomic E-state index is 0.640. The van der Waals surface area contributed by atoms with Gasteiger partial charge in [0.05, 0.1) is 26.4 Å². The number of rotatable bonds is 13. The van der Waals surface area contributed by atoms with E-state index < -0.39 is 0 Å². The first-order chi connectivity index (χ1) is 10.4. The van der Waals surface area contributed by atoms with Crippen LogP contribution in [0.2, 0.25) is 0 Å². The SMILES string of the molecule is COCCNCc1ccc(OCCCOCCOC)cc1. The Kier molecular flexibility index (Phi) is 10.7. The van der Waals surface area contributed by atoms with Crippen molar-refractivity contribution in [2.24, 2.45) is 0 Å². The number of benzene rings is 1. The minimum Gasteiger partial charge on any atom is -0.494 e. The molecule has 0 fully saturated rings. The van der Waals surface area contributed by atoms with E-state index in [1.807, 2.05) is 12.1 Å². The molecule has 0 saturated heterocycles. The Bertz CT molecular complexity index is 343. The molecule has 0 aliphatic carbocycles. The van der Waals surface area contributed by atoms with E-state index in [0.29, 0.717) is 26.4 Å². The quantitative estimate of drug-likeness (QED) is 0.563. The molecular weight excluding hydrogens is 270 g/mol. The summed E-state index contributed by atoms with van der Waals surface area (Å²) in [5, 5.41) is 3.31. The fourth-order valence-electron chi connectivity index (χ4n) is 1.71. The van der Waals surface area contributed by atoms with Gasteiger partial charge in [0, 0.05) is 40.3 Å². The zero-order valence-electron chi connectivity index (χ0n) is 13.1. The number of hydrogen-bond acceptors (Lipinski definition) is 5. The van der Waals surface area contributed by atoms with Gasteiger partial charge in [-0.15, -0.1) is 0 Å². The largest absolute Gasteiger partial charge is 0.494 e. The lowest BCUT2D eigenvalue weighted by Crippen LogP contribution is -2.18. The van der Waals surface area contributed by atoms with Gasteiger partial charge in [0.2, 0.25) is 0 Å². The monoisotopic (exact) mass is 297 g/mol. The lowest BCUT2D eigenvalue weighted by Gasteiger charge is -2.08. The summed E-state index contributed by atoms with van der Waals surface area (Å²) in [5.41, 5.74) is 1.24. The molecule has 21 heavy (non-hydrogen) atoms. The van der Waals surface area contributed by atoms with Gasteiger partial charge in [-0.05, 0) is 17.7 Å². The van der Waals surface area contributed by atoms with Crippen LogP contribution in [-0.4, -0.2) is 53.8 Å². The molecule has 0 aliphatic heterocycles. The molecule has 0 unspecified atom stereocenters. The summed E-state index contributed by atoms with van der Waals surface area (Å²) in [6.45, 7) is 5.08. The smallest absolute Gasteiger partial charge is 0.119 e. The molecule has 5 heteroatoms. The van der Waals surface area contributed by atoms with E-state index >= 15 is 0 Å². The van der Waals surface area contributed by atoms with Gasteiger partial charge in [0.25, 0.3) is 0 Å². The van der Waals surface area contributed by atoms with Gasteiger partial charge in [0.1, 0.15) is 5.75 Å². The standard InChI is InChI=1S/C16H27NO4/c1-18-11-8-17-14-15-4-6-16(7-5-15)21-10-3-9-20-13-12-19-2/h4-7,17H,3,8-14H2,1-2H3. The number of methoxy groups -OCH3 is 2. The first kappa shape index (κ1) is 17.9. The second kappa shape index (κ2) is 12.6. The van der Waals surface area contributed by atoms with Crippen molar-refractivity contribution in [1.29, 1.82) is 0 Å². The van der Waals surface area contributed by atoms with Crippen LogP contribution in [-0.2, 0) is 20.8 Å². The van der Waals surface area contributed by atoms with Crippen molar-refractivity contribution in [3.8, 4) is 5.75 Å². The van der Waals surface area contributed by atoms with Gasteiger partial charge in [0.15, 0.2) is 0 Å². The number of hydrogen-bond donors (Lipinski definition) is 1. The molecule has 5 nitrogen and oxygen atoms in total. The summed E-state index contributed by atoms with van der Waals surface area (Å²) in [6, 6.07) is 8.15. The molecule has 0 saturated carbocycles.